The number of ketones is 1. The van der Waals surface area contributed by atoms with Gasteiger partial charge in [-0.3, -0.25) is 20.3 Å². The number of nitrogens with two attached hydrogens (primary N) is 2. The molecule has 0 saturated heterocycles. The number of nitrogens with zero attached hydrogens (tertiary/aromatic N) is 2. The molecule has 266 valence electrons. The molecule has 0 radical (unpaired) electrons. The predicted octanol–water partition coefficient (Wildman–Crippen LogP) is 0.555. The number of amides is 1. The minimum absolute atomic E-state index is 0.0412. The molecular weight excluding hydrogens is 652 g/mol. The number of halogens is 6. The first kappa shape index (κ1) is 41.7. The van der Waals surface area contributed by atoms with Crippen molar-refractivity contribution >= 4 is 45.9 Å². The number of carboxylic acids is 2. The summed E-state index contributed by atoms with van der Waals surface area (Å²) >= 11 is 0. The van der Waals surface area contributed by atoms with Gasteiger partial charge in [0.25, 0.3) is 0 Å². The second-order valence-electron chi connectivity index (χ2n) is 10.7. The number of Topliss-reactive ketones (excluding diaryl/α,β-unsaturated/α-hetero) is 1. The standard InChI is InChI=1S/C27H37N5O2.2C2HF3O2/c1-4-23(33)12-6-5-7-13-24(30-26(34)16-17-29-32(2)3)27-28-19-25(31-27)22-15-14-20-10-8-9-11-21(20)18-22;2*3-2(4,5)1(6)7/h8-11,14-15,18-19,24,29H,4-7,12-13,16-17H2,1-3H3,(H,28,31)(H,30,34);2*(H,6,7)/t24-;;/m0../s1. The quantitative estimate of drug-likeness (QED) is 0.112. The van der Waals surface area contributed by atoms with E-state index in [4.69, 9.17) is 24.8 Å². The molecule has 1 aliphatic rings. The van der Waals surface area contributed by atoms with E-state index in [-0.39, 0.29) is 11.9 Å². The lowest BCUT2D eigenvalue weighted by molar-refractivity contribution is -0.793. The summed E-state index contributed by atoms with van der Waals surface area (Å²) in [7, 11) is 3.93. The Kier molecular flexibility index (Phi) is 17.5. The zero-order valence-corrected chi connectivity index (χ0v) is 26.6. The first-order chi connectivity index (χ1) is 22.3. The molecule has 48 heavy (non-hydrogen) atoms. The number of unbranched alkanes of at least 4 members (excludes halogenated alkanes) is 2. The smallest absolute Gasteiger partial charge is 0.430 e. The van der Waals surface area contributed by atoms with Crippen molar-refractivity contribution < 1.29 is 66.5 Å². The zero-order valence-electron chi connectivity index (χ0n) is 26.6. The van der Waals surface area contributed by atoms with E-state index in [1.165, 1.54) is 10.8 Å². The van der Waals surface area contributed by atoms with E-state index in [9.17, 15) is 35.9 Å². The molecule has 2 aromatic carbocycles. The average Bonchev–Trinajstić information content (AvgIpc) is 3.50. The molecule has 2 aromatic rings. The van der Waals surface area contributed by atoms with Gasteiger partial charge in [-0.2, -0.15) is 31.4 Å². The summed E-state index contributed by atoms with van der Waals surface area (Å²) in [4.78, 5) is 46.5. The van der Waals surface area contributed by atoms with E-state index in [1.807, 2.05) is 49.8 Å². The molecule has 0 fully saturated rings. The van der Waals surface area contributed by atoms with Gasteiger partial charge in [-0.25, -0.2) is 4.99 Å². The monoisotopic (exact) mass is 691 g/mol. The topological polar surface area (TPSA) is 175 Å². The number of aliphatic carboxylic acids is 2. The summed E-state index contributed by atoms with van der Waals surface area (Å²) in [5.41, 5.74) is 4.20. The summed E-state index contributed by atoms with van der Waals surface area (Å²) in [6.07, 6.45) is -3.13. The van der Waals surface area contributed by atoms with Gasteiger partial charge in [-0.15, -0.1) is 0 Å². The Morgan fingerprint density at radius 2 is 1.48 bits per heavy atom. The number of nitrogens with one attached hydrogen (secondary N) is 1. The number of carboxylic acid groups (broad SMARTS) is 2. The third-order valence-electron chi connectivity index (χ3n) is 6.60. The number of rotatable bonds is 14. The number of aliphatic imine (C=N–C) groups is 1. The van der Waals surface area contributed by atoms with E-state index in [0.717, 1.165) is 42.8 Å². The van der Waals surface area contributed by atoms with Crippen LogP contribution in [-0.4, -0.2) is 73.5 Å². The van der Waals surface area contributed by atoms with E-state index in [1.54, 1.807) is 0 Å². The third-order valence-corrected chi connectivity index (χ3v) is 6.60. The molecular formula is C31H39F6N5O6. The van der Waals surface area contributed by atoms with Crippen molar-refractivity contribution in [2.45, 2.75) is 70.3 Å². The third kappa shape index (κ3) is 16.5. The number of alkyl halides is 6. The van der Waals surface area contributed by atoms with Gasteiger partial charge < -0.3 is 25.1 Å². The van der Waals surface area contributed by atoms with Gasteiger partial charge in [-0.1, -0.05) is 50.1 Å². The van der Waals surface area contributed by atoms with Crippen LogP contribution in [0.4, 0.5) is 26.3 Å². The number of benzene rings is 2. The average molecular weight is 692 g/mol. The molecule has 0 spiro atoms. The number of hydrogen-bond acceptors (Lipinski definition) is 8. The minimum atomic E-state index is -5.19. The molecule has 1 aliphatic heterocycles. The van der Waals surface area contributed by atoms with Crippen LogP contribution in [0.2, 0.25) is 0 Å². The fraction of sp³-hybridized carbons (Fsp3) is 0.452. The van der Waals surface area contributed by atoms with Crippen LogP contribution >= 0.6 is 0 Å². The molecule has 11 nitrogen and oxygen atoms in total. The van der Waals surface area contributed by atoms with Crippen LogP contribution in [0.5, 0.6) is 0 Å². The second kappa shape index (κ2) is 20.1. The Labute approximate surface area is 273 Å². The van der Waals surface area contributed by atoms with E-state index in [2.05, 4.69) is 41.0 Å². The van der Waals surface area contributed by atoms with Crippen LogP contribution in [0.1, 0.15) is 57.4 Å². The molecule has 0 aliphatic carbocycles. The Bertz CT molecular complexity index is 1420. The van der Waals surface area contributed by atoms with Crippen LogP contribution in [0, 0.1) is 0 Å². The van der Waals surface area contributed by atoms with Gasteiger partial charge in [0.1, 0.15) is 30.3 Å². The van der Waals surface area contributed by atoms with E-state index < -0.39 is 24.3 Å². The molecule has 5 N–H and O–H groups in total. The Balaban J connectivity index is 0.000000687. The van der Waals surface area contributed by atoms with Crippen molar-refractivity contribution in [3.63, 3.8) is 0 Å². The maximum atomic E-state index is 12.6. The van der Waals surface area contributed by atoms with E-state index in [0.29, 0.717) is 31.6 Å². The molecule has 0 saturated carbocycles. The summed E-state index contributed by atoms with van der Waals surface area (Å²) in [5, 5.41) is 27.3. The molecule has 0 unspecified atom stereocenters. The minimum Gasteiger partial charge on any atom is -0.542 e. The highest BCUT2D eigenvalue weighted by Crippen LogP contribution is 2.20. The normalized spacial score (nSPS) is 13.4. The van der Waals surface area contributed by atoms with Gasteiger partial charge >= 0.3 is 12.4 Å². The predicted molar refractivity (Wildman–Crippen MR) is 159 cm³/mol. The van der Waals surface area contributed by atoms with Gasteiger partial charge in [-0.05, 0) is 35.7 Å². The first-order valence-electron chi connectivity index (χ1n) is 14.8. The number of carbonyl (C=O) groups excluding carboxylic acids is 4. The number of hydrogen-bond donors (Lipinski definition) is 3. The van der Waals surface area contributed by atoms with Gasteiger partial charge in [0.15, 0.2) is 5.70 Å². The summed E-state index contributed by atoms with van der Waals surface area (Å²) in [6, 6.07) is 14.6. The number of quaternary nitrogens is 2. The summed E-state index contributed by atoms with van der Waals surface area (Å²) in [5.74, 6) is -4.75. The lowest BCUT2D eigenvalue weighted by atomic mass is 10.0. The number of carbonyl (C=O) groups is 4. The van der Waals surface area contributed by atoms with Gasteiger partial charge in [0.2, 0.25) is 11.7 Å². The Hall–Kier alpha value is -4.35. The largest absolute Gasteiger partial charge is 0.542 e. The molecule has 3 rings (SSSR count). The van der Waals surface area contributed by atoms with Crippen molar-refractivity contribution in [3.05, 3.63) is 54.2 Å². The summed E-state index contributed by atoms with van der Waals surface area (Å²) < 4.78 is 63.1. The summed E-state index contributed by atoms with van der Waals surface area (Å²) in [6.45, 7) is 2.62. The highest BCUT2D eigenvalue weighted by atomic mass is 19.4. The van der Waals surface area contributed by atoms with Crippen molar-refractivity contribution in [2.24, 2.45) is 4.99 Å². The first-order valence-corrected chi connectivity index (χ1v) is 14.8. The fourth-order valence-corrected chi connectivity index (χ4v) is 4.13. The van der Waals surface area contributed by atoms with Gasteiger partial charge in [0.05, 0.1) is 12.6 Å². The molecule has 1 heterocycles. The Morgan fingerprint density at radius 1 is 0.896 bits per heavy atom. The van der Waals surface area contributed by atoms with Crippen LogP contribution in [-0.2, 0) is 19.2 Å². The molecule has 0 bridgehead atoms. The van der Waals surface area contributed by atoms with Crippen LogP contribution < -0.4 is 26.3 Å². The lowest BCUT2D eigenvalue weighted by Crippen LogP contribution is -2.92. The van der Waals surface area contributed by atoms with Crippen LogP contribution in [0.15, 0.2) is 53.7 Å². The van der Waals surface area contributed by atoms with Crippen molar-refractivity contribution in [3.8, 4) is 0 Å². The molecule has 1 atom stereocenters. The van der Waals surface area contributed by atoms with Crippen molar-refractivity contribution in [2.75, 3.05) is 20.6 Å². The highest BCUT2D eigenvalue weighted by molar-refractivity contribution is 5.91. The highest BCUT2D eigenvalue weighted by Gasteiger charge is 2.30. The lowest BCUT2D eigenvalue weighted by Gasteiger charge is -2.17. The number of amidine groups is 1. The maximum Gasteiger partial charge on any atom is 0.430 e. The molecule has 1 amide bonds. The van der Waals surface area contributed by atoms with E-state index >= 15 is 0 Å². The number of fused-ring (bicyclic) bond motifs is 1. The SMILES string of the molecule is CCC(=O)CCCCC[C@H](NC(=O)CC[NH2+]N(C)C)C1=NC=C(c2ccc3ccccc3c2)[NH2+]1.O=C([O-])C(F)(F)F.O=C([O-])C(F)(F)F. The fourth-order valence-electron chi connectivity index (χ4n) is 4.13. The second-order valence-corrected chi connectivity index (χ2v) is 10.7. The zero-order chi connectivity index (χ0) is 36.5. The van der Waals surface area contributed by atoms with Crippen molar-refractivity contribution in [1.29, 1.82) is 0 Å². The molecule has 0 aromatic heterocycles. The van der Waals surface area contributed by atoms with Crippen LogP contribution in [0.25, 0.3) is 16.5 Å². The molecule has 17 heteroatoms. The van der Waals surface area contributed by atoms with Crippen LogP contribution in [0.3, 0.4) is 0 Å². The maximum absolute atomic E-state index is 12.6. The van der Waals surface area contributed by atoms with Gasteiger partial charge in [0, 0.05) is 32.5 Å². The Morgan fingerprint density at radius 3 is 2.02 bits per heavy atom. The van der Waals surface area contributed by atoms with Crippen molar-refractivity contribution in [1.82, 2.24) is 10.3 Å².